The van der Waals surface area contributed by atoms with Crippen molar-refractivity contribution in [3.63, 3.8) is 0 Å². The zero-order valence-corrected chi connectivity index (χ0v) is 62.5. The molecular weight excluding hydrogens is 1220 g/mol. The summed E-state index contributed by atoms with van der Waals surface area (Å²) < 4.78 is 68.5. The van der Waals surface area contributed by atoms with Gasteiger partial charge >= 0.3 is 39.5 Å². The number of phosphoric ester groups is 2. The molecule has 0 heterocycles. The maximum Gasteiger partial charge on any atom is 0.472 e. The summed E-state index contributed by atoms with van der Waals surface area (Å²) in [5.74, 6) is 0.157. The van der Waals surface area contributed by atoms with Gasteiger partial charge in [-0.2, -0.15) is 0 Å². The highest BCUT2D eigenvalue weighted by atomic mass is 31.2. The fraction of sp³-hybridized carbons (Fsp3) is 0.946. The molecule has 3 N–H and O–H groups in total. The van der Waals surface area contributed by atoms with Gasteiger partial charge in [0.2, 0.25) is 0 Å². The van der Waals surface area contributed by atoms with E-state index in [2.05, 4.69) is 48.5 Å². The Labute approximate surface area is 568 Å². The third kappa shape index (κ3) is 68.4. The third-order valence-electron chi connectivity index (χ3n) is 17.1. The predicted octanol–water partition coefficient (Wildman–Crippen LogP) is 21.4. The summed E-state index contributed by atoms with van der Waals surface area (Å²) >= 11 is 0. The summed E-state index contributed by atoms with van der Waals surface area (Å²) in [6.07, 6.45) is 49.8. The van der Waals surface area contributed by atoms with Crippen LogP contribution in [0.3, 0.4) is 0 Å². The molecule has 0 aromatic heterocycles. The van der Waals surface area contributed by atoms with Crippen LogP contribution in [-0.2, 0) is 65.4 Å². The lowest BCUT2D eigenvalue weighted by Crippen LogP contribution is -2.30. The Balaban J connectivity index is 5.27. The Bertz CT molecular complexity index is 1820. The Kier molecular flexibility index (Phi) is 63.4. The topological polar surface area (TPSA) is 237 Å². The monoisotopic (exact) mass is 1370 g/mol. The van der Waals surface area contributed by atoms with Crippen LogP contribution < -0.4 is 0 Å². The van der Waals surface area contributed by atoms with Crippen molar-refractivity contribution < 1.29 is 80.2 Å². The van der Waals surface area contributed by atoms with Gasteiger partial charge in [-0.1, -0.05) is 325 Å². The number of hydrogen-bond donors (Lipinski definition) is 3. The quantitative estimate of drug-likeness (QED) is 0.0222. The average molecular weight is 1370 g/mol. The van der Waals surface area contributed by atoms with Gasteiger partial charge in [-0.15, -0.1) is 0 Å². The van der Waals surface area contributed by atoms with Crippen molar-refractivity contribution in [3.05, 3.63) is 0 Å². The normalized spacial score (nSPS) is 14.1. The maximum atomic E-state index is 13.1. The molecule has 0 saturated heterocycles. The lowest BCUT2D eigenvalue weighted by atomic mass is 10.0. The number of hydrogen-bond acceptors (Lipinski definition) is 15. The van der Waals surface area contributed by atoms with Crippen LogP contribution in [0.25, 0.3) is 0 Å². The van der Waals surface area contributed by atoms with Crippen LogP contribution in [0.4, 0.5) is 0 Å². The minimum atomic E-state index is -4.96. The van der Waals surface area contributed by atoms with Gasteiger partial charge in [-0.25, -0.2) is 9.13 Å². The summed E-state index contributed by atoms with van der Waals surface area (Å²) in [4.78, 5) is 72.8. The molecule has 0 aliphatic rings. The van der Waals surface area contributed by atoms with Crippen LogP contribution >= 0.6 is 15.6 Å². The molecule has 0 spiro atoms. The first-order valence-electron chi connectivity index (χ1n) is 38.3. The number of carbonyl (C=O) groups is 4. The summed E-state index contributed by atoms with van der Waals surface area (Å²) in [5, 5.41) is 10.6. The summed E-state index contributed by atoms with van der Waals surface area (Å²) in [6, 6.07) is 0. The lowest BCUT2D eigenvalue weighted by molar-refractivity contribution is -0.161. The van der Waals surface area contributed by atoms with Crippen LogP contribution in [0.15, 0.2) is 0 Å². The van der Waals surface area contributed by atoms with E-state index in [0.717, 1.165) is 108 Å². The summed E-state index contributed by atoms with van der Waals surface area (Å²) in [5.41, 5.74) is 0. The number of phosphoric acid groups is 2. The summed E-state index contributed by atoms with van der Waals surface area (Å²) in [6.45, 7) is 11.9. The second-order valence-electron chi connectivity index (χ2n) is 28.1. The van der Waals surface area contributed by atoms with Crippen molar-refractivity contribution in [3.8, 4) is 0 Å². The highest BCUT2D eigenvalue weighted by Crippen LogP contribution is 2.45. The van der Waals surface area contributed by atoms with Crippen LogP contribution in [0.1, 0.15) is 376 Å². The molecule has 0 bridgehead atoms. The molecule has 93 heavy (non-hydrogen) atoms. The van der Waals surface area contributed by atoms with E-state index in [1.54, 1.807) is 0 Å². The van der Waals surface area contributed by atoms with Crippen LogP contribution in [0.5, 0.6) is 0 Å². The van der Waals surface area contributed by atoms with Gasteiger partial charge in [0.05, 0.1) is 26.4 Å². The Hall–Kier alpha value is -1.94. The molecule has 19 heteroatoms. The fourth-order valence-corrected chi connectivity index (χ4v) is 12.8. The standard InChI is InChI=1S/C74H144O17P2/c1-8-9-10-11-12-13-14-15-18-27-34-41-48-55-71(76)84-61-70(91-74(79)58-51-44-37-30-23-21-26-33-40-47-54-67(6)7)64-89-93(82,83)87-60-68(75)59-86-92(80,81)88-63-69(62-85-72(77)56-49-42-35-28-22-20-25-32-39-46-53-66(4)5)90-73(78)57-50-43-36-29-19-16-17-24-31-38-45-52-65(2)3/h65-70,75H,8-64H2,1-7H3,(H,80,81)(H,82,83)/t68-,69-,70-/m1/s1. The Morgan fingerprint density at radius 2 is 0.495 bits per heavy atom. The van der Waals surface area contributed by atoms with Crippen LogP contribution in [0, 0.1) is 17.8 Å². The first kappa shape index (κ1) is 91.1. The van der Waals surface area contributed by atoms with Gasteiger partial charge < -0.3 is 33.8 Å². The van der Waals surface area contributed by atoms with E-state index >= 15 is 0 Å². The van der Waals surface area contributed by atoms with Gasteiger partial charge in [0.25, 0.3) is 0 Å². The zero-order chi connectivity index (χ0) is 68.7. The molecule has 5 atom stereocenters. The molecule has 2 unspecified atom stereocenters. The molecule has 17 nitrogen and oxygen atoms in total. The van der Waals surface area contributed by atoms with Crippen molar-refractivity contribution in [1.82, 2.24) is 0 Å². The van der Waals surface area contributed by atoms with Crippen LogP contribution in [-0.4, -0.2) is 96.7 Å². The largest absolute Gasteiger partial charge is 0.472 e. The number of aliphatic hydroxyl groups is 1. The van der Waals surface area contributed by atoms with E-state index in [1.807, 2.05) is 0 Å². The van der Waals surface area contributed by atoms with E-state index in [4.69, 9.17) is 37.0 Å². The molecule has 0 aliphatic heterocycles. The highest BCUT2D eigenvalue weighted by Gasteiger charge is 2.30. The van der Waals surface area contributed by atoms with E-state index in [0.29, 0.717) is 25.7 Å². The Morgan fingerprint density at radius 1 is 0.290 bits per heavy atom. The molecule has 0 radical (unpaired) electrons. The van der Waals surface area contributed by atoms with E-state index in [-0.39, 0.29) is 25.7 Å². The summed E-state index contributed by atoms with van der Waals surface area (Å²) in [7, 11) is -9.91. The van der Waals surface area contributed by atoms with Gasteiger partial charge in [0.15, 0.2) is 12.2 Å². The Morgan fingerprint density at radius 3 is 0.731 bits per heavy atom. The molecule has 0 aromatic rings. The van der Waals surface area contributed by atoms with Gasteiger partial charge in [-0.3, -0.25) is 37.3 Å². The smallest absolute Gasteiger partial charge is 0.462 e. The minimum absolute atomic E-state index is 0.106. The lowest BCUT2D eigenvalue weighted by Gasteiger charge is -2.21. The predicted molar refractivity (Wildman–Crippen MR) is 377 cm³/mol. The molecule has 0 aromatic carbocycles. The average Bonchev–Trinajstić information content (AvgIpc) is 1.76. The van der Waals surface area contributed by atoms with Crippen LogP contribution in [0.2, 0.25) is 0 Å². The van der Waals surface area contributed by atoms with E-state index in [1.165, 1.54) is 186 Å². The highest BCUT2D eigenvalue weighted by molar-refractivity contribution is 7.47. The van der Waals surface area contributed by atoms with E-state index < -0.39 is 97.5 Å². The molecule has 0 amide bonds. The van der Waals surface area contributed by atoms with Gasteiger partial charge in [0.1, 0.15) is 19.3 Å². The number of carbonyl (C=O) groups excluding carboxylic acids is 4. The van der Waals surface area contributed by atoms with Gasteiger partial charge in [-0.05, 0) is 43.4 Å². The number of rotatable bonds is 72. The SMILES string of the molecule is CCCCCCCCCCCCCCCC(=O)OC[C@H](COP(=O)(O)OC[C@H](O)COP(=O)(O)OC[C@@H](COC(=O)CCCCCCCCCCCCC(C)C)OC(=O)CCCCCCCCCCCCCC(C)C)OC(=O)CCCCCCCCCCCCC(C)C. The first-order valence-corrected chi connectivity index (χ1v) is 41.3. The molecule has 0 rings (SSSR count). The zero-order valence-electron chi connectivity index (χ0n) is 60.7. The van der Waals surface area contributed by atoms with Crippen molar-refractivity contribution in [1.29, 1.82) is 0 Å². The van der Waals surface area contributed by atoms with Crippen molar-refractivity contribution in [2.75, 3.05) is 39.6 Å². The van der Waals surface area contributed by atoms with Crippen molar-refractivity contribution in [2.45, 2.75) is 394 Å². The third-order valence-corrected chi connectivity index (χ3v) is 19.0. The number of ether oxygens (including phenoxy) is 4. The molecule has 0 fully saturated rings. The van der Waals surface area contributed by atoms with Crippen molar-refractivity contribution in [2.24, 2.45) is 17.8 Å². The van der Waals surface area contributed by atoms with Gasteiger partial charge in [0, 0.05) is 25.7 Å². The molecule has 0 saturated carbocycles. The fourth-order valence-electron chi connectivity index (χ4n) is 11.2. The second-order valence-corrected chi connectivity index (χ2v) is 31.0. The van der Waals surface area contributed by atoms with E-state index in [9.17, 15) is 43.2 Å². The minimum Gasteiger partial charge on any atom is -0.462 e. The second kappa shape index (κ2) is 64.7. The molecule has 552 valence electrons. The van der Waals surface area contributed by atoms with Crippen molar-refractivity contribution >= 4 is 39.5 Å². The number of unbranched alkanes of at least 4 members (excludes halogenated alkanes) is 40. The number of aliphatic hydroxyl groups excluding tert-OH is 1. The molecule has 0 aliphatic carbocycles. The maximum absolute atomic E-state index is 13.1. The number of esters is 4. The molecular formula is C74H144O17P2. The first-order chi connectivity index (χ1) is 44.7.